The molecule has 1 saturated carbocycles. The van der Waals surface area contributed by atoms with Crippen molar-refractivity contribution < 1.29 is 13.6 Å². The summed E-state index contributed by atoms with van der Waals surface area (Å²) in [4.78, 5) is 0. The Balaban J connectivity index is 2.19. The first-order chi connectivity index (χ1) is 8.50. The van der Waals surface area contributed by atoms with Gasteiger partial charge < -0.3 is 10.9 Å². The minimum absolute atomic E-state index is 0.0391. The van der Waals surface area contributed by atoms with E-state index in [0.29, 0.717) is 25.9 Å². The predicted octanol–water partition coefficient (Wildman–Crippen LogP) is -0.0242. The summed E-state index contributed by atoms with van der Waals surface area (Å²) in [6, 6.07) is 0. The van der Waals surface area contributed by atoms with Gasteiger partial charge in [0.1, 0.15) is 0 Å². The third-order valence-electron chi connectivity index (χ3n) is 3.78. The zero-order chi connectivity index (χ0) is 13.2. The molecule has 104 valence electrons. The van der Waals surface area contributed by atoms with Gasteiger partial charge in [-0.05, 0) is 25.7 Å². The predicted molar refractivity (Wildman–Crippen MR) is 67.5 cm³/mol. The Hall–Kier alpha value is -0.860. The molecule has 0 aromatic rings. The van der Waals surface area contributed by atoms with Crippen molar-refractivity contribution in [3.05, 3.63) is 0 Å². The summed E-state index contributed by atoms with van der Waals surface area (Å²) in [7, 11) is -3.55. The standard InChI is InChI=1S/C10H20N4O3S/c11-9(12-15)10(5-1-2-6-10)13-18(16,17)14-7-3-4-8-14/h13,15H,1-8H2,(H2,11,12). The van der Waals surface area contributed by atoms with Crippen molar-refractivity contribution in [1.29, 1.82) is 0 Å². The molecule has 1 aliphatic heterocycles. The smallest absolute Gasteiger partial charge is 0.280 e. The second-order valence-electron chi connectivity index (χ2n) is 4.99. The second kappa shape index (κ2) is 5.02. The molecule has 1 aliphatic carbocycles. The van der Waals surface area contributed by atoms with Crippen molar-refractivity contribution in [2.75, 3.05) is 13.1 Å². The van der Waals surface area contributed by atoms with Crippen molar-refractivity contribution in [1.82, 2.24) is 9.03 Å². The maximum absolute atomic E-state index is 12.2. The largest absolute Gasteiger partial charge is 0.409 e. The van der Waals surface area contributed by atoms with Crippen LogP contribution in [0.15, 0.2) is 5.16 Å². The molecule has 0 aromatic heterocycles. The average molecular weight is 276 g/mol. The third kappa shape index (κ3) is 2.45. The lowest BCUT2D eigenvalue weighted by Crippen LogP contribution is -2.58. The van der Waals surface area contributed by atoms with E-state index in [4.69, 9.17) is 10.9 Å². The van der Waals surface area contributed by atoms with Crippen molar-refractivity contribution in [2.24, 2.45) is 10.9 Å². The van der Waals surface area contributed by atoms with Gasteiger partial charge in [-0.25, -0.2) is 0 Å². The number of nitrogens with one attached hydrogen (secondary N) is 1. The van der Waals surface area contributed by atoms with Crippen LogP contribution < -0.4 is 10.5 Å². The lowest BCUT2D eigenvalue weighted by Gasteiger charge is -2.30. The molecule has 0 atom stereocenters. The molecule has 1 saturated heterocycles. The van der Waals surface area contributed by atoms with Gasteiger partial charge in [-0.2, -0.15) is 17.4 Å². The fraction of sp³-hybridized carbons (Fsp3) is 0.900. The van der Waals surface area contributed by atoms with Gasteiger partial charge in [0.15, 0.2) is 5.84 Å². The molecule has 0 unspecified atom stereocenters. The van der Waals surface area contributed by atoms with E-state index >= 15 is 0 Å². The molecule has 2 rings (SSSR count). The Bertz CT molecular complexity index is 422. The topological polar surface area (TPSA) is 108 Å². The summed E-state index contributed by atoms with van der Waals surface area (Å²) in [6.07, 6.45) is 4.68. The number of hydrogen-bond donors (Lipinski definition) is 3. The van der Waals surface area contributed by atoms with Crippen LogP contribution in [0.3, 0.4) is 0 Å². The van der Waals surface area contributed by atoms with E-state index in [1.807, 2.05) is 0 Å². The molecule has 0 radical (unpaired) electrons. The molecule has 2 fully saturated rings. The zero-order valence-corrected chi connectivity index (χ0v) is 11.1. The molecule has 0 bridgehead atoms. The molecule has 4 N–H and O–H groups in total. The first kappa shape index (κ1) is 13.6. The Morgan fingerprint density at radius 2 is 1.78 bits per heavy atom. The lowest BCUT2D eigenvalue weighted by molar-refractivity contribution is 0.309. The Labute approximate surface area is 107 Å². The highest BCUT2D eigenvalue weighted by molar-refractivity contribution is 7.87. The minimum atomic E-state index is -3.55. The van der Waals surface area contributed by atoms with Crippen LogP contribution in [0.25, 0.3) is 0 Å². The first-order valence-corrected chi connectivity index (χ1v) is 7.71. The van der Waals surface area contributed by atoms with Gasteiger partial charge in [0, 0.05) is 13.1 Å². The van der Waals surface area contributed by atoms with Gasteiger partial charge in [-0.1, -0.05) is 18.0 Å². The van der Waals surface area contributed by atoms with Crippen molar-refractivity contribution in [3.8, 4) is 0 Å². The molecular weight excluding hydrogens is 256 g/mol. The van der Waals surface area contributed by atoms with Crippen molar-refractivity contribution >= 4 is 16.0 Å². The number of nitrogens with two attached hydrogens (primary N) is 1. The van der Waals surface area contributed by atoms with Crippen LogP contribution in [-0.4, -0.2) is 42.4 Å². The summed E-state index contributed by atoms with van der Waals surface area (Å²) in [6.45, 7) is 1.09. The number of amidine groups is 1. The zero-order valence-electron chi connectivity index (χ0n) is 10.3. The first-order valence-electron chi connectivity index (χ1n) is 6.27. The van der Waals surface area contributed by atoms with Gasteiger partial charge in [-0.3, -0.25) is 0 Å². The Kier molecular flexibility index (Phi) is 3.79. The molecule has 8 heteroatoms. The highest BCUT2D eigenvalue weighted by Crippen LogP contribution is 2.31. The summed E-state index contributed by atoms with van der Waals surface area (Å²) in [5, 5.41) is 11.8. The van der Waals surface area contributed by atoms with Crippen LogP contribution in [0.1, 0.15) is 38.5 Å². The van der Waals surface area contributed by atoms with Gasteiger partial charge >= 0.3 is 0 Å². The van der Waals surface area contributed by atoms with E-state index < -0.39 is 15.7 Å². The minimum Gasteiger partial charge on any atom is -0.409 e. The van der Waals surface area contributed by atoms with Crippen LogP contribution in [0.4, 0.5) is 0 Å². The van der Waals surface area contributed by atoms with Crippen molar-refractivity contribution in [3.63, 3.8) is 0 Å². The highest BCUT2D eigenvalue weighted by Gasteiger charge is 2.43. The van der Waals surface area contributed by atoms with Crippen LogP contribution in [0.5, 0.6) is 0 Å². The average Bonchev–Trinajstić information content (AvgIpc) is 2.98. The van der Waals surface area contributed by atoms with Gasteiger partial charge in [0.2, 0.25) is 0 Å². The second-order valence-corrected chi connectivity index (χ2v) is 6.66. The van der Waals surface area contributed by atoms with E-state index in [1.165, 1.54) is 4.31 Å². The lowest BCUT2D eigenvalue weighted by atomic mass is 9.98. The SMILES string of the molecule is N/C(=N/O)C1(NS(=O)(=O)N2CCCC2)CCCC1. The number of oxime groups is 1. The molecule has 7 nitrogen and oxygen atoms in total. The fourth-order valence-electron chi connectivity index (χ4n) is 2.72. The van der Waals surface area contributed by atoms with E-state index in [0.717, 1.165) is 25.7 Å². The monoisotopic (exact) mass is 276 g/mol. The van der Waals surface area contributed by atoms with Crippen LogP contribution in [0, 0.1) is 0 Å². The van der Waals surface area contributed by atoms with Crippen molar-refractivity contribution in [2.45, 2.75) is 44.1 Å². The van der Waals surface area contributed by atoms with Gasteiger partial charge in [0.05, 0.1) is 5.54 Å². The molecular formula is C10H20N4O3S. The molecule has 2 aliphatic rings. The van der Waals surface area contributed by atoms with E-state index in [-0.39, 0.29) is 5.84 Å². The van der Waals surface area contributed by atoms with Gasteiger partial charge in [0.25, 0.3) is 10.2 Å². The maximum Gasteiger partial charge on any atom is 0.280 e. The van der Waals surface area contributed by atoms with Gasteiger partial charge in [-0.15, -0.1) is 0 Å². The quantitative estimate of drug-likeness (QED) is 0.290. The molecule has 0 spiro atoms. The summed E-state index contributed by atoms with van der Waals surface area (Å²) in [5.74, 6) is -0.0391. The number of hydrogen-bond acceptors (Lipinski definition) is 4. The Morgan fingerprint density at radius 1 is 1.22 bits per heavy atom. The molecule has 1 heterocycles. The third-order valence-corrected chi connectivity index (χ3v) is 5.48. The maximum atomic E-state index is 12.2. The number of nitrogens with zero attached hydrogens (tertiary/aromatic N) is 2. The summed E-state index contributed by atoms with van der Waals surface area (Å²) < 4.78 is 28.5. The normalized spacial score (nSPS) is 25.7. The summed E-state index contributed by atoms with van der Waals surface area (Å²) >= 11 is 0. The van der Waals surface area contributed by atoms with E-state index in [9.17, 15) is 8.42 Å². The number of rotatable bonds is 4. The highest BCUT2D eigenvalue weighted by atomic mass is 32.2. The molecule has 0 aromatic carbocycles. The van der Waals surface area contributed by atoms with Crippen LogP contribution in [-0.2, 0) is 10.2 Å². The van der Waals surface area contributed by atoms with Crippen LogP contribution >= 0.6 is 0 Å². The fourth-order valence-corrected chi connectivity index (χ4v) is 4.40. The van der Waals surface area contributed by atoms with E-state index in [2.05, 4.69) is 9.88 Å². The molecule has 18 heavy (non-hydrogen) atoms. The van der Waals surface area contributed by atoms with Crippen LogP contribution in [0.2, 0.25) is 0 Å². The summed E-state index contributed by atoms with van der Waals surface area (Å²) in [5.41, 5.74) is 4.77. The molecule has 0 amide bonds. The van der Waals surface area contributed by atoms with E-state index in [1.54, 1.807) is 0 Å². The Morgan fingerprint density at radius 3 is 2.28 bits per heavy atom.